The number of allylic oxidation sites excluding steroid dienone is 2. The molecule has 0 atom stereocenters. The predicted molar refractivity (Wildman–Crippen MR) is 121 cm³/mol. The summed E-state index contributed by atoms with van der Waals surface area (Å²) in [5.74, 6) is 2.70. The number of ether oxygens (including phenoxy) is 1. The maximum atomic E-state index is 12.3. The van der Waals surface area contributed by atoms with Crippen LogP contribution in [0.15, 0.2) is 36.4 Å². The highest BCUT2D eigenvalue weighted by Gasteiger charge is 2.31. The quantitative estimate of drug-likeness (QED) is 0.194. The summed E-state index contributed by atoms with van der Waals surface area (Å²) in [6.45, 7) is -0.200. The summed E-state index contributed by atoms with van der Waals surface area (Å²) in [7, 11) is 0. The van der Waals surface area contributed by atoms with E-state index in [4.69, 9.17) is 0 Å². The fraction of sp³-hybridized carbons (Fsp3) is 0.704. The van der Waals surface area contributed by atoms with E-state index in [1.807, 2.05) is 0 Å². The van der Waals surface area contributed by atoms with Crippen molar-refractivity contribution in [2.75, 3.05) is 6.67 Å². The first-order valence-electron chi connectivity index (χ1n) is 12.5. The molecule has 0 radical (unpaired) electrons. The lowest BCUT2D eigenvalue weighted by atomic mass is 9.74. The average molecular weight is 455 g/mol. The largest absolute Gasteiger partial charge is 0.573 e. The summed E-state index contributed by atoms with van der Waals surface area (Å²) in [5.41, 5.74) is 1.13. The van der Waals surface area contributed by atoms with E-state index in [1.54, 1.807) is 12.1 Å². The van der Waals surface area contributed by atoms with Crippen LogP contribution in [0.2, 0.25) is 0 Å². The van der Waals surface area contributed by atoms with Gasteiger partial charge >= 0.3 is 6.36 Å². The molecule has 180 valence electrons. The minimum atomic E-state index is -4.63. The van der Waals surface area contributed by atoms with Crippen LogP contribution in [-0.2, 0) is 0 Å². The van der Waals surface area contributed by atoms with Crippen molar-refractivity contribution in [1.29, 1.82) is 0 Å². The lowest BCUT2D eigenvalue weighted by molar-refractivity contribution is -0.274. The maximum Gasteiger partial charge on any atom is 0.573 e. The summed E-state index contributed by atoms with van der Waals surface area (Å²) < 4.78 is 53.0. The molecule has 0 aromatic heterocycles. The lowest BCUT2D eigenvalue weighted by Gasteiger charge is -2.31. The summed E-state index contributed by atoms with van der Waals surface area (Å²) >= 11 is 0. The van der Waals surface area contributed by atoms with Gasteiger partial charge in [0, 0.05) is 0 Å². The predicted octanol–water partition coefficient (Wildman–Crippen LogP) is 9.14. The van der Waals surface area contributed by atoms with Gasteiger partial charge in [-0.1, -0.05) is 37.1 Å². The molecule has 2 aliphatic rings. The Bertz CT molecular complexity index is 666. The number of rotatable bonds is 10. The number of hydrogen-bond acceptors (Lipinski definition) is 1. The van der Waals surface area contributed by atoms with Crippen LogP contribution >= 0.6 is 0 Å². The Kier molecular flexibility index (Phi) is 9.92. The normalized spacial score (nSPS) is 27.0. The molecule has 0 heterocycles. The van der Waals surface area contributed by atoms with Crippen molar-refractivity contribution in [1.82, 2.24) is 0 Å². The van der Waals surface area contributed by atoms with Gasteiger partial charge in [0.1, 0.15) is 5.75 Å². The second-order valence-corrected chi connectivity index (χ2v) is 9.81. The van der Waals surface area contributed by atoms with Crippen molar-refractivity contribution >= 4 is 0 Å². The molecule has 0 unspecified atom stereocenters. The molecule has 1 nitrogen and oxygen atoms in total. The van der Waals surface area contributed by atoms with Gasteiger partial charge in [-0.2, -0.15) is 0 Å². The minimum absolute atomic E-state index is 0.142. The van der Waals surface area contributed by atoms with Crippen LogP contribution in [0.3, 0.4) is 0 Å². The second kappa shape index (κ2) is 12.6. The molecule has 32 heavy (non-hydrogen) atoms. The highest BCUT2D eigenvalue weighted by Crippen LogP contribution is 2.40. The van der Waals surface area contributed by atoms with E-state index < -0.39 is 6.36 Å². The van der Waals surface area contributed by atoms with Crippen LogP contribution in [0.25, 0.3) is 0 Å². The standard InChI is InChI=1S/C27H38F4O/c28-20-4-2-1-3-5-21-6-8-22(9-7-21)10-11-23-12-14-24(15-13-23)25-16-18-26(19-17-25)32-27(29,30)31/h3,5,16-19,21-24H,1-2,4,6-15,20H2. The van der Waals surface area contributed by atoms with Gasteiger partial charge in [-0.3, -0.25) is 4.39 Å². The van der Waals surface area contributed by atoms with Crippen LogP contribution in [-0.4, -0.2) is 13.0 Å². The first-order valence-corrected chi connectivity index (χ1v) is 12.5. The number of hydrogen-bond donors (Lipinski definition) is 0. The van der Waals surface area contributed by atoms with E-state index in [0.717, 1.165) is 49.0 Å². The molecule has 0 bridgehead atoms. The Morgan fingerprint density at radius 3 is 1.97 bits per heavy atom. The molecule has 1 aromatic rings. The van der Waals surface area contributed by atoms with Crippen molar-refractivity contribution < 1.29 is 22.3 Å². The molecular weight excluding hydrogens is 416 g/mol. The minimum Gasteiger partial charge on any atom is -0.406 e. The van der Waals surface area contributed by atoms with E-state index >= 15 is 0 Å². The van der Waals surface area contributed by atoms with Crippen molar-refractivity contribution in [2.24, 2.45) is 17.8 Å². The highest BCUT2D eigenvalue weighted by molar-refractivity contribution is 5.29. The summed E-state index contributed by atoms with van der Waals surface area (Å²) in [5, 5.41) is 0. The molecule has 0 aliphatic heterocycles. The fourth-order valence-electron chi connectivity index (χ4n) is 5.51. The van der Waals surface area contributed by atoms with Crippen molar-refractivity contribution in [3.8, 4) is 5.75 Å². The Balaban J connectivity index is 1.30. The maximum absolute atomic E-state index is 12.3. The zero-order valence-corrected chi connectivity index (χ0v) is 19.1. The Morgan fingerprint density at radius 2 is 1.41 bits per heavy atom. The van der Waals surface area contributed by atoms with Crippen LogP contribution in [0.4, 0.5) is 17.6 Å². The summed E-state index contributed by atoms with van der Waals surface area (Å²) in [6.07, 6.45) is 15.3. The van der Waals surface area contributed by atoms with E-state index in [1.165, 1.54) is 63.5 Å². The van der Waals surface area contributed by atoms with Gasteiger partial charge in [0.2, 0.25) is 0 Å². The van der Waals surface area contributed by atoms with Crippen LogP contribution < -0.4 is 4.74 Å². The van der Waals surface area contributed by atoms with E-state index in [0.29, 0.717) is 12.3 Å². The smallest absolute Gasteiger partial charge is 0.406 e. The molecule has 2 fully saturated rings. The van der Waals surface area contributed by atoms with Gasteiger partial charge in [-0.25, -0.2) is 0 Å². The third-order valence-corrected chi connectivity index (χ3v) is 7.47. The monoisotopic (exact) mass is 454 g/mol. The number of benzene rings is 1. The third-order valence-electron chi connectivity index (χ3n) is 7.47. The fourth-order valence-corrected chi connectivity index (χ4v) is 5.51. The average Bonchev–Trinajstić information content (AvgIpc) is 2.78. The topological polar surface area (TPSA) is 9.23 Å². The van der Waals surface area contributed by atoms with Crippen molar-refractivity contribution in [3.63, 3.8) is 0 Å². The molecule has 0 saturated heterocycles. The van der Waals surface area contributed by atoms with E-state index in [-0.39, 0.29) is 12.4 Å². The van der Waals surface area contributed by atoms with E-state index in [9.17, 15) is 17.6 Å². The summed E-state index contributed by atoms with van der Waals surface area (Å²) in [4.78, 5) is 0. The number of halogens is 4. The van der Waals surface area contributed by atoms with Crippen molar-refractivity contribution in [3.05, 3.63) is 42.0 Å². The Labute approximate surface area is 190 Å². The SMILES string of the molecule is FCCCCC=CC1CCC(CCC2CCC(c3ccc(OC(F)(F)F)cc3)CC2)CC1. The molecule has 0 spiro atoms. The van der Waals surface area contributed by atoms with Gasteiger partial charge in [0.25, 0.3) is 0 Å². The zero-order chi connectivity index (χ0) is 22.8. The molecule has 0 N–H and O–H groups in total. The number of alkyl halides is 4. The first kappa shape index (κ1) is 25.1. The van der Waals surface area contributed by atoms with Gasteiger partial charge in [0.05, 0.1) is 6.67 Å². The van der Waals surface area contributed by atoms with Gasteiger partial charge < -0.3 is 4.74 Å². The van der Waals surface area contributed by atoms with Gasteiger partial charge in [-0.05, 0) is 112 Å². The molecule has 3 rings (SSSR count). The first-order chi connectivity index (χ1) is 15.4. The molecular formula is C27H38F4O. The number of unbranched alkanes of at least 4 members (excludes halogenated alkanes) is 2. The van der Waals surface area contributed by atoms with Gasteiger partial charge in [-0.15, -0.1) is 13.2 Å². The van der Waals surface area contributed by atoms with Crippen LogP contribution in [0.1, 0.15) is 95.0 Å². The zero-order valence-electron chi connectivity index (χ0n) is 19.1. The lowest BCUT2D eigenvalue weighted by Crippen LogP contribution is -2.18. The molecule has 0 amide bonds. The van der Waals surface area contributed by atoms with E-state index in [2.05, 4.69) is 16.9 Å². The molecule has 5 heteroatoms. The third kappa shape index (κ3) is 8.78. The molecule has 1 aromatic carbocycles. The summed E-state index contributed by atoms with van der Waals surface area (Å²) in [6, 6.07) is 6.45. The molecule has 2 aliphatic carbocycles. The van der Waals surface area contributed by atoms with Gasteiger partial charge in [0.15, 0.2) is 0 Å². The van der Waals surface area contributed by atoms with Crippen molar-refractivity contribution in [2.45, 2.75) is 95.8 Å². The highest BCUT2D eigenvalue weighted by atomic mass is 19.4. The Morgan fingerprint density at radius 1 is 0.812 bits per heavy atom. The second-order valence-electron chi connectivity index (χ2n) is 9.81. The Hall–Kier alpha value is -1.52. The molecule has 2 saturated carbocycles. The van der Waals surface area contributed by atoms with Crippen LogP contribution in [0.5, 0.6) is 5.75 Å². The van der Waals surface area contributed by atoms with Crippen LogP contribution in [0, 0.1) is 17.8 Å².